The molecule has 4 heteroatoms. The van der Waals surface area contributed by atoms with Crippen molar-refractivity contribution >= 4 is 11.6 Å². The van der Waals surface area contributed by atoms with E-state index in [2.05, 4.69) is 5.32 Å². The Morgan fingerprint density at radius 1 is 1.00 bits per heavy atom. The van der Waals surface area contributed by atoms with E-state index < -0.39 is 6.10 Å². The van der Waals surface area contributed by atoms with Crippen LogP contribution in [0, 0.1) is 0 Å². The van der Waals surface area contributed by atoms with Crippen LogP contribution in [0.1, 0.15) is 11.7 Å². The maximum atomic E-state index is 12.3. The first kappa shape index (κ1) is 14.1. The molecule has 20 heavy (non-hydrogen) atoms. The van der Waals surface area contributed by atoms with Crippen LogP contribution in [0.25, 0.3) is 0 Å². The van der Waals surface area contributed by atoms with E-state index in [-0.39, 0.29) is 5.91 Å². The fourth-order valence-electron chi connectivity index (χ4n) is 1.97. The molecule has 104 valence electrons. The lowest BCUT2D eigenvalue weighted by Gasteiger charge is -2.16. The van der Waals surface area contributed by atoms with E-state index >= 15 is 0 Å². The first-order valence-corrected chi connectivity index (χ1v) is 6.28. The fourth-order valence-corrected chi connectivity index (χ4v) is 1.97. The van der Waals surface area contributed by atoms with Crippen molar-refractivity contribution in [1.29, 1.82) is 0 Å². The molecule has 0 aliphatic carbocycles. The van der Waals surface area contributed by atoms with Gasteiger partial charge >= 0.3 is 0 Å². The van der Waals surface area contributed by atoms with Gasteiger partial charge in [0.05, 0.1) is 12.8 Å². The zero-order valence-electron chi connectivity index (χ0n) is 11.5. The number of anilines is 1. The SMILES string of the molecule is COc1ccccc1NC(=O)[C@H](OC)c1ccccc1. The lowest BCUT2D eigenvalue weighted by atomic mass is 10.1. The highest BCUT2D eigenvalue weighted by Gasteiger charge is 2.20. The van der Waals surface area contributed by atoms with Crippen molar-refractivity contribution in [3.05, 3.63) is 60.2 Å². The van der Waals surface area contributed by atoms with Gasteiger partial charge in [-0.2, -0.15) is 0 Å². The number of benzene rings is 2. The monoisotopic (exact) mass is 271 g/mol. The molecule has 0 fully saturated rings. The summed E-state index contributed by atoms with van der Waals surface area (Å²) in [6, 6.07) is 16.6. The number of para-hydroxylation sites is 2. The molecular formula is C16H17NO3. The number of carbonyl (C=O) groups excluding carboxylic acids is 1. The third-order valence-corrected chi connectivity index (χ3v) is 2.94. The normalized spacial score (nSPS) is 11.7. The van der Waals surface area contributed by atoms with Gasteiger partial charge in [-0.3, -0.25) is 4.79 Å². The summed E-state index contributed by atoms with van der Waals surface area (Å²) >= 11 is 0. The summed E-state index contributed by atoms with van der Waals surface area (Å²) in [7, 11) is 3.08. The van der Waals surface area contributed by atoms with Gasteiger partial charge in [0.15, 0.2) is 6.10 Å². The van der Waals surface area contributed by atoms with Crippen LogP contribution in [-0.2, 0) is 9.53 Å². The molecule has 0 aliphatic heterocycles. The summed E-state index contributed by atoms with van der Waals surface area (Å²) in [5, 5.41) is 2.82. The summed E-state index contributed by atoms with van der Waals surface area (Å²) < 4.78 is 10.5. The van der Waals surface area contributed by atoms with Crippen molar-refractivity contribution in [3.63, 3.8) is 0 Å². The maximum absolute atomic E-state index is 12.3. The average Bonchev–Trinajstić information content (AvgIpc) is 2.49. The van der Waals surface area contributed by atoms with Crippen LogP contribution in [0.15, 0.2) is 54.6 Å². The van der Waals surface area contributed by atoms with Crippen molar-refractivity contribution in [2.45, 2.75) is 6.10 Å². The lowest BCUT2D eigenvalue weighted by Crippen LogP contribution is -2.22. The van der Waals surface area contributed by atoms with Crippen LogP contribution in [0.5, 0.6) is 5.75 Å². The first-order chi connectivity index (χ1) is 9.76. The van der Waals surface area contributed by atoms with Gasteiger partial charge in [0.25, 0.3) is 5.91 Å². The number of hydrogen-bond donors (Lipinski definition) is 1. The minimum Gasteiger partial charge on any atom is -0.495 e. The van der Waals surface area contributed by atoms with Crippen molar-refractivity contribution in [3.8, 4) is 5.75 Å². The van der Waals surface area contributed by atoms with Crippen molar-refractivity contribution in [2.24, 2.45) is 0 Å². The summed E-state index contributed by atoms with van der Waals surface area (Å²) in [4.78, 5) is 12.3. The Kier molecular flexibility index (Phi) is 4.74. The molecule has 1 amide bonds. The Morgan fingerprint density at radius 3 is 2.30 bits per heavy atom. The zero-order valence-corrected chi connectivity index (χ0v) is 11.5. The number of amides is 1. The third-order valence-electron chi connectivity index (χ3n) is 2.94. The Morgan fingerprint density at radius 2 is 1.65 bits per heavy atom. The molecule has 0 radical (unpaired) electrons. The summed E-state index contributed by atoms with van der Waals surface area (Å²) in [5.41, 5.74) is 1.43. The molecule has 1 atom stereocenters. The van der Waals surface area contributed by atoms with Crippen LogP contribution >= 0.6 is 0 Å². The van der Waals surface area contributed by atoms with E-state index in [0.29, 0.717) is 11.4 Å². The number of hydrogen-bond acceptors (Lipinski definition) is 3. The molecular weight excluding hydrogens is 254 g/mol. The third kappa shape index (κ3) is 3.16. The van der Waals surface area contributed by atoms with Crippen molar-refractivity contribution < 1.29 is 14.3 Å². The molecule has 0 aliphatic rings. The number of rotatable bonds is 5. The van der Waals surface area contributed by atoms with Gasteiger partial charge < -0.3 is 14.8 Å². The van der Waals surface area contributed by atoms with E-state index in [4.69, 9.17) is 9.47 Å². The molecule has 0 unspecified atom stereocenters. The van der Waals surface area contributed by atoms with E-state index in [1.807, 2.05) is 42.5 Å². The Labute approximate surface area is 118 Å². The van der Waals surface area contributed by atoms with Crippen LogP contribution < -0.4 is 10.1 Å². The van der Waals surface area contributed by atoms with E-state index in [1.165, 1.54) is 7.11 Å². The van der Waals surface area contributed by atoms with Crippen LogP contribution in [-0.4, -0.2) is 20.1 Å². The quantitative estimate of drug-likeness (QED) is 0.909. The highest BCUT2D eigenvalue weighted by atomic mass is 16.5. The zero-order chi connectivity index (χ0) is 14.4. The molecule has 4 nitrogen and oxygen atoms in total. The van der Waals surface area contributed by atoms with Crippen LogP contribution in [0.4, 0.5) is 5.69 Å². The highest BCUT2D eigenvalue weighted by Crippen LogP contribution is 2.25. The van der Waals surface area contributed by atoms with Crippen LogP contribution in [0.2, 0.25) is 0 Å². The molecule has 0 saturated carbocycles. The molecule has 0 bridgehead atoms. The van der Waals surface area contributed by atoms with Crippen molar-refractivity contribution in [2.75, 3.05) is 19.5 Å². The van der Waals surface area contributed by atoms with Gasteiger partial charge in [-0.1, -0.05) is 42.5 Å². The van der Waals surface area contributed by atoms with E-state index in [1.54, 1.807) is 19.2 Å². The molecule has 1 N–H and O–H groups in total. The number of nitrogens with one attached hydrogen (secondary N) is 1. The Hall–Kier alpha value is -2.33. The van der Waals surface area contributed by atoms with E-state index in [0.717, 1.165) is 5.56 Å². The largest absolute Gasteiger partial charge is 0.495 e. The second kappa shape index (κ2) is 6.73. The second-order valence-corrected chi connectivity index (χ2v) is 4.22. The van der Waals surface area contributed by atoms with Gasteiger partial charge in [0.1, 0.15) is 5.75 Å². The molecule has 0 aromatic heterocycles. The molecule has 0 saturated heterocycles. The topological polar surface area (TPSA) is 47.6 Å². The first-order valence-electron chi connectivity index (χ1n) is 6.28. The highest BCUT2D eigenvalue weighted by molar-refractivity contribution is 5.96. The maximum Gasteiger partial charge on any atom is 0.258 e. The smallest absolute Gasteiger partial charge is 0.258 e. The van der Waals surface area contributed by atoms with Gasteiger partial charge in [0, 0.05) is 7.11 Å². The number of methoxy groups -OCH3 is 2. The predicted octanol–water partition coefficient (Wildman–Crippen LogP) is 3.02. The van der Waals surface area contributed by atoms with Gasteiger partial charge in [0.2, 0.25) is 0 Å². The summed E-state index contributed by atoms with van der Waals surface area (Å²) in [6.07, 6.45) is -0.652. The van der Waals surface area contributed by atoms with E-state index in [9.17, 15) is 4.79 Å². The van der Waals surface area contributed by atoms with Gasteiger partial charge in [-0.05, 0) is 17.7 Å². The lowest BCUT2D eigenvalue weighted by molar-refractivity contribution is -0.126. The standard InChI is InChI=1S/C16H17NO3/c1-19-14-11-7-6-10-13(14)17-16(18)15(20-2)12-8-4-3-5-9-12/h3-11,15H,1-2H3,(H,17,18)/t15-/m1/s1. The minimum absolute atomic E-state index is 0.233. The molecule has 2 aromatic rings. The number of ether oxygens (including phenoxy) is 2. The summed E-state index contributed by atoms with van der Waals surface area (Å²) in [5.74, 6) is 0.381. The average molecular weight is 271 g/mol. The van der Waals surface area contributed by atoms with Gasteiger partial charge in [-0.15, -0.1) is 0 Å². The molecule has 2 rings (SSSR count). The van der Waals surface area contributed by atoms with Crippen LogP contribution in [0.3, 0.4) is 0 Å². The Bertz CT molecular complexity index is 569. The molecule has 0 spiro atoms. The second-order valence-electron chi connectivity index (χ2n) is 4.22. The predicted molar refractivity (Wildman–Crippen MR) is 77.8 cm³/mol. The van der Waals surface area contributed by atoms with Gasteiger partial charge in [-0.25, -0.2) is 0 Å². The van der Waals surface area contributed by atoms with Crippen molar-refractivity contribution in [1.82, 2.24) is 0 Å². The summed E-state index contributed by atoms with van der Waals surface area (Å²) in [6.45, 7) is 0. The fraction of sp³-hybridized carbons (Fsp3) is 0.188. The molecule has 2 aromatic carbocycles. The Balaban J connectivity index is 2.18. The number of carbonyl (C=O) groups is 1. The molecule has 0 heterocycles. The minimum atomic E-state index is -0.652.